The van der Waals surface area contributed by atoms with Crippen LogP contribution in [-0.2, 0) is 16.1 Å². The number of benzene rings is 1. The van der Waals surface area contributed by atoms with E-state index in [9.17, 15) is 4.79 Å². The molecule has 1 aromatic carbocycles. The van der Waals surface area contributed by atoms with E-state index >= 15 is 0 Å². The maximum Gasteiger partial charge on any atom is 0.220 e. The van der Waals surface area contributed by atoms with Crippen molar-refractivity contribution in [1.29, 1.82) is 0 Å². The highest BCUT2D eigenvalue weighted by atomic mass is 16.5. The maximum atomic E-state index is 12.1. The first kappa shape index (κ1) is 17.4. The van der Waals surface area contributed by atoms with E-state index < -0.39 is 0 Å². The van der Waals surface area contributed by atoms with E-state index in [0.29, 0.717) is 18.9 Å². The number of hydrogen-bond donors (Lipinski definition) is 2. The molecule has 3 rings (SSSR count). The summed E-state index contributed by atoms with van der Waals surface area (Å²) in [7, 11) is 0. The van der Waals surface area contributed by atoms with Gasteiger partial charge in [-0.2, -0.15) is 0 Å². The summed E-state index contributed by atoms with van der Waals surface area (Å²) < 4.78 is 5.82. The van der Waals surface area contributed by atoms with Crippen LogP contribution < -0.4 is 10.6 Å². The molecule has 1 amide bonds. The fourth-order valence-electron chi connectivity index (χ4n) is 3.54. The Bertz CT molecular complexity index is 503. The summed E-state index contributed by atoms with van der Waals surface area (Å²) in [5, 5.41) is 6.41. The average Bonchev–Trinajstić information content (AvgIpc) is 2.62. The van der Waals surface area contributed by atoms with Crippen LogP contribution in [0.2, 0.25) is 0 Å². The van der Waals surface area contributed by atoms with Gasteiger partial charge in [-0.25, -0.2) is 0 Å². The predicted molar refractivity (Wildman–Crippen MR) is 94.7 cm³/mol. The van der Waals surface area contributed by atoms with Crippen molar-refractivity contribution >= 4 is 5.91 Å². The minimum atomic E-state index is 0.0967. The molecule has 24 heavy (non-hydrogen) atoms. The topological polar surface area (TPSA) is 53.6 Å². The third kappa shape index (κ3) is 5.58. The molecule has 2 saturated heterocycles. The summed E-state index contributed by atoms with van der Waals surface area (Å²) in [5.74, 6) is 0.707. The highest BCUT2D eigenvalue weighted by Gasteiger charge is 2.22. The van der Waals surface area contributed by atoms with Crippen molar-refractivity contribution in [1.82, 2.24) is 15.5 Å². The number of rotatable bonds is 6. The molecule has 2 N–H and O–H groups in total. The van der Waals surface area contributed by atoms with Crippen LogP contribution in [0.5, 0.6) is 0 Å². The second-order valence-electron chi connectivity index (χ2n) is 6.92. The number of hydrogen-bond acceptors (Lipinski definition) is 4. The first-order chi connectivity index (χ1) is 11.8. The second-order valence-corrected chi connectivity index (χ2v) is 6.92. The highest BCUT2D eigenvalue weighted by molar-refractivity contribution is 5.76. The van der Waals surface area contributed by atoms with E-state index in [1.54, 1.807) is 0 Å². The molecule has 5 nitrogen and oxygen atoms in total. The zero-order valence-electron chi connectivity index (χ0n) is 14.4. The van der Waals surface area contributed by atoms with E-state index in [2.05, 4.69) is 39.8 Å². The van der Waals surface area contributed by atoms with Crippen molar-refractivity contribution in [2.24, 2.45) is 5.92 Å². The number of morpholine rings is 1. The smallest absolute Gasteiger partial charge is 0.220 e. The molecular weight excluding hydrogens is 302 g/mol. The molecule has 2 aliphatic heterocycles. The Morgan fingerprint density at radius 1 is 1.25 bits per heavy atom. The molecule has 5 heteroatoms. The van der Waals surface area contributed by atoms with Gasteiger partial charge in [0.15, 0.2) is 0 Å². The zero-order chi connectivity index (χ0) is 16.6. The van der Waals surface area contributed by atoms with Gasteiger partial charge in [0.2, 0.25) is 5.91 Å². The standard InChI is InChI=1S/C19H29N3O2/c23-19(12-16-6-8-20-9-7-16)21-13-18-15-22(10-11-24-18)14-17-4-2-1-3-5-17/h1-5,16,18,20H,6-15H2,(H,21,23). The molecular formula is C19H29N3O2. The quantitative estimate of drug-likeness (QED) is 0.827. The van der Waals surface area contributed by atoms with Gasteiger partial charge in [-0.05, 0) is 37.4 Å². The Labute approximate surface area is 144 Å². The lowest BCUT2D eigenvalue weighted by molar-refractivity contribution is -0.123. The molecule has 0 bridgehead atoms. The van der Waals surface area contributed by atoms with Crippen LogP contribution in [0.25, 0.3) is 0 Å². The summed E-state index contributed by atoms with van der Waals surface area (Å²) in [6.45, 7) is 6.22. The molecule has 2 aliphatic rings. The molecule has 0 aromatic heterocycles. The summed E-state index contributed by atoms with van der Waals surface area (Å²) in [4.78, 5) is 14.5. The van der Waals surface area contributed by atoms with Crippen LogP contribution in [0.4, 0.5) is 0 Å². The zero-order valence-corrected chi connectivity index (χ0v) is 14.4. The number of piperidine rings is 1. The van der Waals surface area contributed by atoms with Gasteiger partial charge < -0.3 is 15.4 Å². The largest absolute Gasteiger partial charge is 0.374 e. The summed E-state index contributed by atoms with van der Waals surface area (Å²) in [6, 6.07) is 10.5. The van der Waals surface area contributed by atoms with Crippen LogP contribution in [0.3, 0.4) is 0 Å². The average molecular weight is 331 g/mol. The van der Waals surface area contributed by atoms with E-state index in [1.807, 2.05) is 6.07 Å². The van der Waals surface area contributed by atoms with Crippen molar-refractivity contribution in [3.63, 3.8) is 0 Å². The number of ether oxygens (including phenoxy) is 1. The van der Waals surface area contributed by atoms with Gasteiger partial charge >= 0.3 is 0 Å². The van der Waals surface area contributed by atoms with Gasteiger partial charge in [-0.15, -0.1) is 0 Å². The number of carbonyl (C=O) groups excluding carboxylic acids is 1. The molecule has 2 fully saturated rings. The van der Waals surface area contributed by atoms with E-state index in [1.165, 1.54) is 5.56 Å². The molecule has 0 spiro atoms. The van der Waals surface area contributed by atoms with Crippen molar-refractivity contribution in [3.8, 4) is 0 Å². The maximum absolute atomic E-state index is 12.1. The van der Waals surface area contributed by atoms with Crippen molar-refractivity contribution in [2.75, 3.05) is 39.3 Å². The van der Waals surface area contributed by atoms with Gasteiger partial charge in [0, 0.05) is 32.6 Å². The minimum Gasteiger partial charge on any atom is -0.374 e. The van der Waals surface area contributed by atoms with Gasteiger partial charge in [0.1, 0.15) is 0 Å². The molecule has 0 aliphatic carbocycles. The number of amides is 1. The first-order valence-corrected chi connectivity index (χ1v) is 9.15. The fraction of sp³-hybridized carbons (Fsp3) is 0.632. The first-order valence-electron chi connectivity index (χ1n) is 9.15. The molecule has 0 saturated carbocycles. The Morgan fingerprint density at radius 2 is 2.04 bits per heavy atom. The van der Waals surface area contributed by atoms with Crippen molar-refractivity contribution < 1.29 is 9.53 Å². The third-order valence-electron chi connectivity index (χ3n) is 4.93. The minimum absolute atomic E-state index is 0.0967. The Hall–Kier alpha value is -1.43. The van der Waals surface area contributed by atoms with Crippen molar-refractivity contribution in [2.45, 2.75) is 31.9 Å². The highest BCUT2D eigenvalue weighted by Crippen LogP contribution is 2.15. The lowest BCUT2D eigenvalue weighted by Crippen LogP contribution is -2.47. The lowest BCUT2D eigenvalue weighted by Gasteiger charge is -2.33. The Morgan fingerprint density at radius 3 is 2.83 bits per heavy atom. The molecule has 1 aromatic rings. The third-order valence-corrected chi connectivity index (χ3v) is 4.93. The number of carbonyl (C=O) groups is 1. The lowest BCUT2D eigenvalue weighted by atomic mass is 9.94. The number of nitrogens with one attached hydrogen (secondary N) is 2. The van der Waals surface area contributed by atoms with E-state index in [0.717, 1.165) is 52.2 Å². The summed E-state index contributed by atoms with van der Waals surface area (Å²) in [5.41, 5.74) is 1.33. The van der Waals surface area contributed by atoms with Crippen LogP contribution in [0.15, 0.2) is 30.3 Å². The van der Waals surface area contributed by atoms with Crippen LogP contribution in [-0.4, -0.2) is 56.2 Å². The monoisotopic (exact) mass is 331 g/mol. The van der Waals surface area contributed by atoms with Gasteiger partial charge in [-0.1, -0.05) is 30.3 Å². The SMILES string of the molecule is O=C(CC1CCNCC1)NCC1CN(Cc2ccccc2)CCO1. The number of nitrogens with zero attached hydrogens (tertiary/aromatic N) is 1. The summed E-state index contributed by atoms with van der Waals surface area (Å²) >= 11 is 0. The molecule has 1 unspecified atom stereocenters. The summed E-state index contributed by atoms with van der Waals surface area (Å²) in [6.07, 6.45) is 2.97. The predicted octanol–water partition coefficient (Wildman–Crippen LogP) is 1.39. The molecule has 132 valence electrons. The van der Waals surface area contributed by atoms with Crippen molar-refractivity contribution in [3.05, 3.63) is 35.9 Å². The fourth-order valence-corrected chi connectivity index (χ4v) is 3.54. The van der Waals surface area contributed by atoms with Gasteiger partial charge in [0.05, 0.1) is 12.7 Å². The van der Waals surface area contributed by atoms with Gasteiger partial charge in [-0.3, -0.25) is 9.69 Å². The van der Waals surface area contributed by atoms with Crippen LogP contribution >= 0.6 is 0 Å². The molecule has 2 heterocycles. The van der Waals surface area contributed by atoms with Crippen LogP contribution in [0.1, 0.15) is 24.8 Å². The normalized spacial score (nSPS) is 23.1. The van der Waals surface area contributed by atoms with E-state index in [4.69, 9.17) is 4.74 Å². The van der Waals surface area contributed by atoms with Crippen LogP contribution in [0, 0.1) is 5.92 Å². The Kier molecular flexibility index (Phi) is 6.64. The molecule has 1 atom stereocenters. The molecule has 0 radical (unpaired) electrons. The van der Waals surface area contributed by atoms with E-state index in [-0.39, 0.29) is 12.0 Å². The van der Waals surface area contributed by atoms with Gasteiger partial charge in [0.25, 0.3) is 0 Å². The second kappa shape index (κ2) is 9.16. The Balaban J connectivity index is 1.38.